The van der Waals surface area contributed by atoms with Crippen LogP contribution in [0.2, 0.25) is 0 Å². The van der Waals surface area contributed by atoms with Gasteiger partial charge in [-0.1, -0.05) is 49.6 Å². The molecule has 24 heavy (non-hydrogen) atoms. The van der Waals surface area contributed by atoms with E-state index in [9.17, 15) is 0 Å². The molecule has 1 aromatic rings. The molecule has 2 aliphatic heterocycles. The van der Waals surface area contributed by atoms with Gasteiger partial charge in [0, 0.05) is 24.3 Å². The molecule has 4 rings (SSSR count). The Kier molecular flexibility index (Phi) is 4.68. The van der Waals surface area contributed by atoms with E-state index in [0.29, 0.717) is 5.92 Å². The summed E-state index contributed by atoms with van der Waals surface area (Å²) in [6, 6.07) is 10.7. The van der Waals surface area contributed by atoms with Crippen LogP contribution in [0.4, 0.5) is 0 Å². The van der Waals surface area contributed by atoms with E-state index in [1.807, 2.05) is 0 Å². The summed E-state index contributed by atoms with van der Waals surface area (Å²) >= 11 is 0. The quantitative estimate of drug-likeness (QED) is 0.775. The average molecular weight is 330 g/mol. The Morgan fingerprint density at radius 2 is 1.71 bits per heavy atom. The third-order valence-electron chi connectivity index (χ3n) is 6.43. The second kappa shape index (κ2) is 6.78. The molecule has 2 heterocycles. The lowest BCUT2D eigenvalue weighted by atomic mass is 9.80. The van der Waals surface area contributed by atoms with Crippen molar-refractivity contribution < 1.29 is 14.0 Å². The number of hydrogen-bond donors (Lipinski definition) is 0. The molecule has 0 spiro atoms. The standard InChI is InChI=1S/C21H32NO2/c1-22(14-8-9-15-22)16-20-17-23-21(24-20,18-10-4-2-5-11-18)19-12-6-3-7-13-19/h2,4-5,10-11,19-20H,3,6-9,12-17H2,1H3/q+1. The number of ether oxygens (including phenoxy) is 2. The van der Waals surface area contributed by atoms with Gasteiger partial charge in [-0.25, -0.2) is 0 Å². The molecule has 3 aliphatic rings. The molecule has 0 aromatic heterocycles. The van der Waals surface area contributed by atoms with E-state index in [-0.39, 0.29) is 6.10 Å². The second-order valence-electron chi connectivity index (χ2n) is 8.38. The van der Waals surface area contributed by atoms with Gasteiger partial charge < -0.3 is 14.0 Å². The fourth-order valence-corrected chi connectivity index (χ4v) is 5.15. The van der Waals surface area contributed by atoms with E-state index >= 15 is 0 Å². The summed E-state index contributed by atoms with van der Waals surface area (Å²) in [7, 11) is 2.39. The lowest BCUT2D eigenvalue weighted by molar-refractivity contribution is -0.900. The van der Waals surface area contributed by atoms with Crippen LogP contribution in [-0.2, 0) is 15.3 Å². The normalized spacial score (nSPS) is 33.8. The Morgan fingerprint density at radius 1 is 1.00 bits per heavy atom. The van der Waals surface area contributed by atoms with Crippen molar-refractivity contribution >= 4 is 0 Å². The largest absolute Gasteiger partial charge is 0.343 e. The minimum absolute atomic E-state index is 0.232. The summed E-state index contributed by atoms with van der Waals surface area (Å²) in [5.41, 5.74) is 1.23. The highest BCUT2D eigenvalue weighted by molar-refractivity contribution is 5.22. The van der Waals surface area contributed by atoms with Crippen molar-refractivity contribution in [2.24, 2.45) is 5.92 Å². The van der Waals surface area contributed by atoms with E-state index in [1.54, 1.807) is 0 Å². The van der Waals surface area contributed by atoms with Gasteiger partial charge in [-0.05, 0) is 12.8 Å². The van der Waals surface area contributed by atoms with Crippen molar-refractivity contribution in [2.75, 3.05) is 33.3 Å². The maximum Gasteiger partial charge on any atom is 0.198 e. The fraction of sp³-hybridized carbons (Fsp3) is 0.714. The monoisotopic (exact) mass is 330 g/mol. The Morgan fingerprint density at radius 3 is 2.42 bits per heavy atom. The van der Waals surface area contributed by atoms with Crippen molar-refractivity contribution in [3.8, 4) is 0 Å². The summed E-state index contributed by atoms with van der Waals surface area (Å²) in [6.07, 6.45) is 9.39. The Labute approximate surface area is 146 Å². The lowest BCUT2D eigenvalue weighted by Gasteiger charge is -2.39. The van der Waals surface area contributed by atoms with Gasteiger partial charge in [0.15, 0.2) is 5.79 Å². The zero-order chi connectivity index (χ0) is 16.5. The molecule has 1 aliphatic carbocycles. The predicted octanol–water partition coefficient (Wildman–Crippen LogP) is 4.08. The van der Waals surface area contributed by atoms with Gasteiger partial charge in [0.25, 0.3) is 0 Å². The SMILES string of the molecule is C[N+]1(CC2COC(c3ccccc3)(C3CCCCC3)O2)CCCC1. The van der Waals surface area contributed by atoms with Crippen LogP contribution in [0.3, 0.4) is 0 Å². The minimum atomic E-state index is -0.495. The number of likely N-dealkylation sites (N-methyl/N-ethyl adjacent to an activating group) is 1. The van der Waals surface area contributed by atoms with Crippen molar-refractivity contribution in [3.63, 3.8) is 0 Å². The first kappa shape index (κ1) is 16.6. The lowest BCUT2D eigenvalue weighted by Crippen LogP contribution is -2.48. The van der Waals surface area contributed by atoms with Gasteiger partial charge in [0.1, 0.15) is 12.6 Å². The Balaban J connectivity index is 1.56. The van der Waals surface area contributed by atoms with Gasteiger partial charge in [-0.3, -0.25) is 0 Å². The number of likely N-dealkylation sites (tertiary alicyclic amines) is 1. The van der Waals surface area contributed by atoms with Gasteiger partial charge in [0.05, 0.1) is 26.7 Å². The Hall–Kier alpha value is -0.900. The van der Waals surface area contributed by atoms with E-state index in [4.69, 9.17) is 9.47 Å². The fourth-order valence-electron chi connectivity index (χ4n) is 5.15. The number of nitrogens with zero attached hydrogens (tertiary/aromatic N) is 1. The van der Waals surface area contributed by atoms with Gasteiger partial charge in [-0.15, -0.1) is 0 Å². The van der Waals surface area contributed by atoms with Crippen LogP contribution in [-0.4, -0.2) is 43.9 Å². The molecule has 2 atom stereocenters. The maximum atomic E-state index is 6.76. The molecule has 3 fully saturated rings. The van der Waals surface area contributed by atoms with Gasteiger partial charge >= 0.3 is 0 Å². The third-order valence-corrected chi connectivity index (χ3v) is 6.43. The number of quaternary nitrogens is 1. The molecule has 2 unspecified atom stereocenters. The van der Waals surface area contributed by atoms with Crippen molar-refractivity contribution in [1.82, 2.24) is 0 Å². The van der Waals surface area contributed by atoms with Gasteiger partial charge in [-0.2, -0.15) is 0 Å². The molecule has 0 N–H and O–H groups in total. The maximum absolute atomic E-state index is 6.76. The molecule has 3 heteroatoms. The summed E-state index contributed by atoms with van der Waals surface area (Å²) < 4.78 is 14.4. The smallest absolute Gasteiger partial charge is 0.198 e. The summed E-state index contributed by atoms with van der Waals surface area (Å²) in [5.74, 6) is 0.00754. The summed E-state index contributed by atoms with van der Waals surface area (Å²) in [6.45, 7) is 4.43. The molecule has 3 nitrogen and oxygen atoms in total. The summed E-state index contributed by atoms with van der Waals surface area (Å²) in [4.78, 5) is 0. The first-order valence-electron chi connectivity index (χ1n) is 9.91. The van der Waals surface area contributed by atoms with Crippen molar-refractivity contribution in [3.05, 3.63) is 35.9 Å². The van der Waals surface area contributed by atoms with Crippen molar-refractivity contribution in [1.29, 1.82) is 0 Å². The average Bonchev–Trinajstić information content (AvgIpc) is 3.24. The first-order valence-corrected chi connectivity index (χ1v) is 9.91. The van der Waals surface area contributed by atoms with E-state index < -0.39 is 5.79 Å². The molecule has 0 bridgehead atoms. The third kappa shape index (κ3) is 3.14. The van der Waals surface area contributed by atoms with Crippen LogP contribution in [0.15, 0.2) is 30.3 Å². The molecule has 0 amide bonds. The van der Waals surface area contributed by atoms with Crippen LogP contribution in [0.1, 0.15) is 50.5 Å². The molecule has 0 radical (unpaired) electrons. The van der Waals surface area contributed by atoms with Crippen LogP contribution >= 0.6 is 0 Å². The number of hydrogen-bond acceptors (Lipinski definition) is 2. The summed E-state index contributed by atoms with van der Waals surface area (Å²) in [5, 5.41) is 0. The molecular weight excluding hydrogens is 298 g/mol. The zero-order valence-electron chi connectivity index (χ0n) is 15.1. The Bertz CT molecular complexity index is 534. The topological polar surface area (TPSA) is 18.5 Å². The van der Waals surface area contributed by atoms with E-state index in [2.05, 4.69) is 37.4 Å². The van der Waals surface area contributed by atoms with Crippen LogP contribution < -0.4 is 0 Å². The molecule has 1 saturated carbocycles. The highest BCUT2D eigenvalue weighted by Gasteiger charge is 2.50. The van der Waals surface area contributed by atoms with Crippen molar-refractivity contribution in [2.45, 2.75) is 56.8 Å². The van der Waals surface area contributed by atoms with Crippen LogP contribution in [0.5, 0.6) is 0 Å². The highest BCUT2D eigenvalue weighted by Crippen LogP contribution is 2.47. The molecule has 2 saturated heterocycles. The molecular formula is C21H32NO2+. The van der Waals surface area contributed by atoms with Crippen LogP contribution in [0, 0.1) is 5.92 Å². The molecule has 132 valence electrons. The molecule has 1 aromatic carbocycles. The first-order chi connectivity index (χ1) is 11.7. The van der Waals surface area contributed by atoms with Gasteiger partial charge in [0.2, 0.25) is 0 Å². The zero-order valence-corrected chi connectivity index (χ0v) is 15.1. The predicted molar refractivity (Wildman–Crippen MR) is 95.5 cm³/mol. The minimum Gasteiger partial charge on any atom is -0.343 e. The van der Waals surface area contributed by atoms with E-state index in [0.717, 1.165) is 17.6 Å². The number of rotatable bonds is 4. The highest BCUT2D eigenvalue weighted by atomic mass is 16.7. The van der Waals surface area contributed by atoms with Crippen LogP contribution in [0.25, 0.3) is 0 Å². The second-order valence-corrected chi connectivity index (χ2v) is 8.38. The number of benzene rings is 1. The van der Waals surface area contributed by atoms with E-state index in [1.165, 1.54) is 63.6 Å².